The Morgan fingerprint density at radius 2 is 2.11 bits per heavy atom. The third kappa shape index (κ3) is 2.95. The first-order valence-corrected chi connectivity index (χ1v) is 8.16. The van der Waals surface area contributed by atoms with E-state index in [1.165, 1.54) is 23.1 Å². The molecule has 1 aromatic rings. The van der Waals surface area contributed by atoms with Crippen LogP contribution in [-0.4, -0.2) is 24.1 Å². The minimum absolute atomic E-state index is 0.0796. The van der Waals surface area contributed by atoms with Crippen molar-refractivity contribution in [1.29, 1.82) is 0 Å². The Labute approximate surface area is 120 Å². The summed E-state index contributed by atoms with van der Waals surface area (Å²) in [6.45, 7) is 4.05. The summed E-state index contributed by atoms with van der Waals surface area (Å²) in [4.78, 5) is 24.6. The van der Waals surface area contributed by atoms with Gasteiger partial charge in [0, 0.05) is 5.92 Å². The van der Waals surface area contributed by atoms with Crippen molar-refractivity contribution in [2.75, 3.05) is 18.1 Å². The number of carbonyl (C=O) groups is 2. The summed E-state index contributed by atoms with van der Waals surface area (Å²) in [5.41, 5.74) is 6.69. The van der Waals surface area contributed by atoms with E-state index in [1.54, 1.807) is 6.92 Å². The number of nitrogens with two attached hydrogens (primary N) is 1. The zero-order valence-corrected chi connectivity index (χ0v) is 12.7. The number of ether oxygens (including phenoxy) is 1. The van der Waals surface area contributed by atoms with Gasteiger partial charge >= 0.3 is 5.97 Å². The van der Waals surface area contributed by atoms with E-state index < -0.39 is 5.97 Å². The van der Waals surface area contributed by atoms with E-state index in [4.69, 9.17) is 10.5 Å². The molecule has 1 aliphatic rings. The number of carbonyl (C=O) groups excluding carboxylic acids is 2. The van der Waals surface area contributed by atoms with E-state index in [1.807, 2.05) is 6.92 Å². The van der Waals surface area contributed by atoms with E-state index in [0.29, 0.717) is 22.7 Å². The predicted molar refractivity (Wildman–Crippen MR) is 78.1 cm³/mol. The molecular weight excluding hydrogens is 282 g/mol. The molecule has 1 heterocycles. The van der Waals surface area contributed by atoms with Gasteiger partial charge in [0.2, 0.25) is 0 Å². The van der Waals surface area contributed by atoms with Gasteiger partial charge in [-0.1, -0.05) is 6.92 Å². The molecule has 104 valence electrons. The number of anilines is 1. The molecule has 2 rings (SSSR count). The molecule has 2 N–H and O–H groups in total. The van der Waals surface area contributed by atoms with Crippen LogP contribution in [0.2, 0.25) is 0 Å². The second kappa shape index (κ2) is 5.96. The molecule has 19 heavy (non-hydrogen) atoms. The predicted octanol–water partition coefficient (Wildman–Crippen LogP) is 3.21. The van der Waals surface area contributed by atoms with E-state index in [9.17, 15) is 9.59 Å². The summed E-state index contributed by atoms with van der Waals surface area (Å²) in [6, 6.07) is 0. The van der Waals surface area contributed by atoms with Crippen molar-refractivity contribution in [3.63, 3.8) is 0 Å². The van der Waals surface area contributed by atoms with Crippen LogP contribution >= 0.6 is 23.1 Å². The van der Waals surface area contributed by atoms with E-state index in [0.717, 1.165) is 22.8 Å². The van der Waals surface area contributed by atoms with Gasteiger partial charge in [0.25, 0.3) is 0 Å². The first kappa shape index (κ1) is 14.4. The lowest BCUT2D eigenvalue weighted by Gasteiger charge is -2.03. The highest BCUT2D eigenvalue weighted by atomic mass is 32.2. The van der Waals surface area contributed by atoms with Gasteiger partial charge in [-0.2, -0.15) is 0 Å². The smallest absolute Gasteiger partial charge is 0.342 e. The number of esters is 1. The van der Waals surface area contributed by atoms with Crippen molar-refractivity contribution in [3.8, 4) is 0 Å². The van der Waals surface area contributed by atoms with E-state index in [2.05, 4.69) is 0 Å². The summed E-state index contributed by atoms with van der Waals surface area (Å²) < 4.78 is 5.82. The zero-order valence-electron chi connectivity index (χ0n) is 11.0. The van der Waals surface area contributed by atoms with Crippen molar-refractivity contribution in [2.45, 2.75) is 30.9 Å². The van der Waals surface area contributed by atoms with Gasteiger partial charge in [0.05, 0.1) is 21.4 Å². The minimum atomic E-state index is -0.429. The molecule has 0 atom stereocenters. The van der Waals surface area contributed by atoms with Gasteiger partial charge in [0.15, 0.2) is 5.78 Å². The quantitative estimate of drug-likeness (QED) is 0.496. The largest absolute Gasteiger partial charge is 0.462 e. The Hall–Kier alpha value is -1.01. The monoisotopic (exact) mass is 299 g/mol. The number of hydrogen-bond donors (Lipinski definition) is 1. The average Bonchev–Trinajstić information content (AvgIpc) is 3.15. The molecule has 0 spiro atoms. The Morgan fingerprint density at radius 1 is 1.42 bits per heavy atom. The van der Waals surface area contributed by atoms with Crippen molar-refractivity contribution in [2.24, 2.45) is 5.92 Å². The number of thiophene rings is 1. The number of Topliss-reactive ketones (excluding diaryl/α,β-unsaturated/α-hetero) is 1. The first-order valence-electron chi connectivity index (χ1n) is 6.36. The van der Waals surface area contributed by atoms with Crippen LogP contribution in [0.25, 0.3) is 0 Å². The third-order valence-electron chi connectivity index (χ3n) is 2.84. The van der Waals surface area contributed by atoms with Crippen LogP contribution in [0, 0.1) is 5.92 Å². The summed E-state index contributed by atoms with van der Waals surface area (Å²) in [5, 5.41) is 0. The highest BCUT2D eigenvalue weighted by Gasteiger charge is 2.35. The van der Waals surface area contributed by atoms with Crippen LogP contribution in [0.4, 0.5) is 5.69 Å². The molecule has 0 aromatic carbocycles. The van der Waals surface area contributed by atoms with Crippen LogP contribution in [0.3, 0.4) is 0 Å². The molecular formula is C13H17NO3S2. The molecule has 6 heteroatoms. The van der Waals surface area contributed by atoms with Gasteiger partial charge < -0.3 is 10.5 Å². The molecule has 1 saturated carbocycles. The maximum atomic E-state index is 12.1. The van der Waals surface area contributed by atoms with Crippen LogP contribution in [0.15, 0.2) is 4.21 Å². The molecule has 0 unspecified atom stereocenters. The number of ketones is 1. The maximum absolute atomic E-state index is 12.1. The van der Waals surface area contributed by atoms with Gasteiger partial charge in [0.1, 0.15) is 5.56 Å². The molecule has 0 bridgehead atoms. The second-order valence-electron chi connectivity index (χ2n) is 4.30. The van der Waals surface area contributed by atoms with Crippen LogP contribution < -0.4 is 5.73 Å². The lowest BCUT2D eigenvalue weighted by atomic mass is 10.1. The second-order valence-corrected chi connectivity index (χ2v) is 6.85. The van der Waals surface area contributed by atoms with Gasteiger partial charge in [-0.15, -0.1) is 23.1 Å². The summed E-state index contributed by atoms with van der Waals surface area (Å²) >= 11 is 2.85. The SMILES string of the molecule is CCOC(=O)c1c(SCC)sc(C(=O)C2CC2)c1N. The van der Waals surface area contributed by atoms with Crippen molar-refractivity contribution < 1.29 is 14.3 Å². The van der Waals surface area contributed by atoms with E-state index in [-0.39, 0.29) is 11.7 Å². The molecule has 1 fully saturated rings. The molecule has 0 amide bonds. The van der Waals surface area contributed by atoms with Gasteiger partial charge in [-0.3, -0.25) is 4.79 Å². The van der Waals surface area contributed by atoms with Crippen molar-refractivity contribution in [3.05, 3.63) is 10.4 Å². The summed E-state index contributed by atoms with van der Waals surface area (Å²) in [7, 11) is 0. The molecule has 1 aliphatic carbocycles. The standard InChI is InChI=1S/C13H17NO3S2/c1-3-17-12(16)8-9(14)11(10(15)7-5-6-7)19-13(8)18-4-2/h7H,3-6,14H2,1-2H3. The van der Waals surface area contributed by atoms with Crippen molar-refractivity contribution in [1.82, 2.24) is 0 Å². The fraction of sp³-hybridized carbons (Fsp3) is 0.538. The Kier molecular flexibility index (Phi) is 4.52. The third-order valence-corrected chi connectivity index (χ3v) is 5.21. The topological polar surface area (TPSA) is 69.4 Å². The number of hydrogen-bond acceptors (Lipinski definition) is 6. The van der Waals surface area contributed by atoms with Gasteiger partial charge in [-0.25, -0.2) is 4.79 Å². The van der Waals surface area contributed by atoms with E-state index >= 15 is 0 Å². The first-order chi connectivity index (χ1) is 9.10. The molecule has 4 nitrogen and oxygen atoms in total. The van der Waals surface area contributed by atoms with Crippen LogP contribution in [0.5, 0.6) is 0 Å². The summed E-state index contributed by atoms with van der Waals surface area (Å²) in [5.74, 6) is 0.581. The van der Waals surface area contributed by atoms with Crippen molar-refractivity contribution >= 4 is 40.5 Å². The molecule has 0 radical (unpaired) electrons. The van der Waals surface area contributed by atoms with Crippen LogP contribution in [-0.2, 0) is 4.74 Å². The highest BCUT2D eigenvalue weighted by molar-refractivity contribution is 8.01. The highest BCUT2D eigenvalue weighted by Crippen LogP contribution is 2.43. The fourth-order valence-electron chi connectivity index (χ4n) is 1.77. The maximum Gasteiger partial charge on any atom is 0.342 e. The Balaban J connectivity index is 2.38. The number of nitrogen functional groups attached to an aromatic ring is 1. The lowest BCUT2D eigenvalue weighted by Crippen LogP contribution is -2.09. The average molecular weight is 299 g/mol. The van der Waals surface area contributed by atoms with Crippen LogP contribution in [0.1, 0.15) is 46.7 Å². The Bertz CT molecular complexity index is 506. The lowest BCUT2D eigenvalue weighted by molar-refractivity contribution is 0.0524. The Morgan fingerprint density at radius 3 is 2.63 bits per heavy atom. The number of thioether (sulfide) groups is 1. The van der Waals surface area contributed by atoms with Gasteiger partial charge in [-0.05, 0) is 25.5 Å². The normalized spacial score (nSPS) is 14.4. The molecule has 0 saturated heterocycles. The molecule has 1 aromatic heterocycles. The zero-order chi connectivity index (χ0) is 14.0. The summed E-state index contributed by atoms with van der Waals surface area (Å²) in [6.07, 6.45) is 1.86. The fourth-order valence-corrected chi connectivity index (χ4v) is 4.16. The minimum Gasteiger partial charge on any atom is -0.462 e. The number of rotatable bonds is 6. The molecule has 0 aliphatic heterocycles.